The van der Waals surface area contributed by atoms with Crippen LogP contribution >= 0.6 is 11.6 Å². The van der Waals surface area contributed by atoms with E-state index in [2.05, 4.69) is 11.8 Å². The normalized spacial score (nSPS) is 10.2. The second-order valence-corrected chi connectivity index (χ2v) is 4.29. The Bertz CT molecular complexity index is 377. The van der Waals surface area contributed by atoms with Crippen molar-refractivity contribution in [3.63, 3.8) is 0 Å². The number of hydrogen-bond acceptors (Lipinski definition) is 2. The highest BCUT2D eigenvalue weighted by Gasteiger charge is 2.09. The second-order valence-electron chi connectivity index (χ2n) is 3.85. The minimum Gasteiger partial charge on any atom is -0.384 e. The fourth-order valence-electron chi connectivity index (χ4n) is 1.56. The van der Waals surface area contributed by atoms with Crippen LogP contribution in [-0.4, -0.2) is 19.4 Å². The van der Waals surface area contributed by atoms with Crippen LogP contribution in [0.25, 0.3) is 0 Å². The molecule has 1 aromatic rings. The largest absolute Gasteiger partial charge is 0.384 e. The van der Waals surface area contributed by atoms with E-state index in [4.69, 9.17) is 22.7 Å². The first-order valence-electron chi connectivity index (χ1n) is 5.41. The van der Waals surface area contributed by atoms with Gasteiger partial charge in [-0.15, -0.1) is 0 Å². The molecule has 0 bridgehead atoms. The molecule has 0 aliphatic rings. The number of unbranched alkanes of at least 4 members (excludes halogenated alkanes) is 1. The van der Waals surface area contributed by atoms with Gasteiger partial charge in [-0.3, -0.25) is 5.41 Å². The molecule has 16 heavy (non-hydrogen) atoms. The molecule has 0 fully saturated rings. The van der Waals surface area contributed by atoms with E-state index in [1.54, 1.807) is 12.1 Å². The van der Waals surface area contributed by atoms with Crippen LogP contribution in [-0.2, 0) is 0 Å². The third kappa shape index (κ3) is 3.14. The fraction of sp³-hybridized carbons (Fsp3) is 0.417. The van der Waals surface area contributed by atoms with Crippen molar-refractivity contribution in [2.45, 2.75) is 19.8 Å². The zero-order valence-corrected chi connectivity index (χ0v) is 10.5. The van der Waals surface area contributed by atoms with E-state index >= 15 is 0 Å². The van der Waals surface area contributed by atoms with Crippen molar-refractivity contribution >= 4 is 23.1 Å². The first kappa shape index (κ1) is 12.8. The van der Waals surface area contributed by atoms with Gasteiger partial charge in [0.05, 0.1) is 0 Å². The fourth-order valence-corrected chi connectivity index (χ4v) is 1.73. The summed E-state index contributed by atoms with van der Waals surface area (Å²) in [6.45, 7) is 3.09. The molecule has 0 spiro atoms. The molecule has 1 aromatic carbocycles. The lowest BCUT2D eigenvalue weighted by Crippen LogP contribution is -2.23. The lowest BCUT2D eigenvalue weighted by Gasteiger charge is -2.22. The number of anilines is 1. The first-order chi connectivity index (χ1) is 7.56. The Morgan fingerprint density at radius 3 is 2.75 bits per heavy atom. The lowest BCUT2D eigenvalue weighted by atomic mass is 10.1. The molecular formula is C12H18ClN3. The van der Waals surface area contributed by atoms with Crippen molar-refractivity contribution in [3.8, 4) is 0 Å². The van der Waals surface area contributed by atoms with Crippen molar-refractivity contribution in [2.75, 3.05) is 18.5 Å². The molecule has 4 heteroatoms. The van der Waals surface area contributed by atoms with Crippen LogP contribution in [0.3, 0.4) is 0 Å². The van der Waals surface area contributed by atoms with Gasteiger partial charge < -0.3 is 10.6 Å². The second kappa shape index (κ2) is 5.75. The summed E-state index contributed by atoms with van der Waals surface area (Å²) in [6, 6.07) is 5.41. The summed E-state index contributed by atoms with van der Waals surface area (Å²) in [4.78, 5) is 2.09. The Hall–Kier alpha value is -1.22. The molecule has 0 amide bonds. The molecule has 0 saturated carbocycles. The molecule has 0 radical (unpaired) electrons. The quantitative estimate of drug-likeness (QED) is 0.613. The van der Waals surface area contributed by atoms with Crippen molar-refractivity contribution < 1.29 is 0 Å². The highest BCUT2D eigenvalue weighted by Crippen LogP contribution is 2.24. The zero-order chi connectivity index (χ0) is 12.1. The summed E-state index contributed by atoms with van der Waals surface area (Å²) in [5.74, 6) is 0.0787. The van der Waals surface area contributed by atoms with Gasteiger partial charge in [0.25, 0.3) is 0 Å². The third-order valence-corrected chi connectivity index (χ3v) is 2.74. The van der Waals surface area contributed by atoms with Crippen LogP contribution in [0.15, 0.2) is 18.2 Å². The number of benzene rings is 1. The Balaban J connectivity index is 2.99. The summed E-state index contributed by atoms with van der Waals surface area (Å²) in [7, 11) is 1.99. The molecule has 3 N–H and O–H groups in total. The predicted molar refractivity (Wildman–Crippen MR) is 70.6 cm³/mol. The average molecular weight is 240 g/mol. The van der Waals surface area contributed by atoms with E-state index in [1.165, 1.54) is 0 Å². The maximum Gasteiger partial charge on any atom is 0.124 e. The van der Waals surface area contributed by atoms with Gasteiger partial charge in [-0.05, 0) is 24.6 Å². The van der Waals surface area contributed by atoms with Gasteiger partial charge in [0.2, 0.25) is 0 Å². The summed E-state index contributed by atoms with van der Waals surface area (Å²) in [5.41, 5.74) is 7.21. The molecule has 88 valence electrons. The molecule has 0 aliphatic carbocycles. The molecule has 0 saturated heterocycles. The Labute approximate surface area is 102 Å². The summed E-state index contributed by atoms with van der Waals surface area (Å²) in [6.07, 6.45) is 2.25. The predicted octanol–water partition coefficient (Wildman–Crippen LogP) is 2.86. The number of nitrogens with zero attached hydrogens (tertiary/aromatic N) is 1. The number of nitrogens with one attached hydrogen (secondary N) is 1. The van der Waals surface area contributed by atoms with Gasteiger partial charge in [-0.25, -0.2) is 0 Å². The Morgan fingerprint density at radius 1 is 1.50 bits per heavy atom. The van der Waals surface area contributed by atoms with E-state index in [9.17, 15) is 0 Å². The average Bonchev–Trinajstić information content (AvgIpc) is 2.25. The van der Waals surface area contributed by atoms with Crippen LogP contribution in [0.4, 0.5) is 5.69 Å². The number of amidine groups is 1. The van der Waals surface area contributed by atoms with Crippen molar-refractivity contribution in [3.05, 3.63) is 28.8 Å². The maximum atomic E-state index is 7.53. The van der Waals surface area contributed by atoms with Crippen LogP contribution in [0.2, 0.25) is 5.02 Å². The Morgan fingerprint density at radius 2 is 2.19 bits per heavy atom. The van der Waals surface area contributed by atoms with Gasteiger partial charge in [0.15, 0.2) is 0 Å². The highest BCUT2D eigenvalue weighted by atomic mass is 35.5. The number of nitrogen functional groups attached to an aromatic ring is 1. The monoisotopic (exact) mass is 239 g/mol. The lowest BCUT2D eigenvalue weighted by molar-refractivity contribution is 0.766. The van der Waals surface area contributed by atoms with Crippen LogP contribution in [0.5, 0.6) is 0 Å². The molecule has 3 nitrogen and oxygen atoms in total. The molecular weight excluding hydrogens is 222 g/mol. The number of hydrogen-bond donors (Lipinski definition) is 2. The standard InChI is InChI=1S/C12H18ClN3/c1-3-4-7-16(2)11-8-9(13)5-6-10(11)12(14)15/h5-6,8H,3-4,7H2,1-2H3,(H3,14,15). The zero-order valence-electron chi connectivity index (χ0n) is 9.76. The van der Waals surface area contributed by atoms with Gasteiger partial charge in [0, 0.05) is 29.9 Å². The number of rotatable bonds is 5. The van der Waals surface area contributed by atoms with E-state index in [1.807, 2.05) is 13.1 Å². The van der Waals surface area contributed by atoms with Gasteiger partial charge in [-0.2, -0.15) is 0 Å². The van der Waals surface area contributed by atoms with Crippen molar-refractivity contribution in [1.29, 1.82) is 5.41 Å². The van der Waals surface area contributed by atoms with Crippen molar-refractivity contribution in [1.82, 2.24) is 0 Å². The SMILES string of the molecule is CCCCN(C)c1cc(Cl)ccc1C(=N)N. The Kier molecular flexibility index (Phi) is 4.62. The van der Waals surface area contributed by atoms with E-state index < -0.39 is 0 Å². The van der Waals surface area contributed by atoms with E-state index in [0.29, 0.717) is 5.02 Å². The maximum absolute atomic E-state index is 7.53. The molecule has 0 aromatic heterocycles. The number of halogens is 1. The van der Waals surface area contributed by atoms with Crippen LogP contribution in [0, 0.1) is 5.41 Å². The molecule has 1 rings (SSSR count). The van der Waals surface area contributed by atoms with Gasteiger partial charge in [-0.1, -0.05) is 24.9 Å². The van der Waals surface area contributed by atoms with E-state index in [-0.39, 0.29) is 5.84 Å². The minimum absolute atomic E-state index is 0.0787. The minimum atomic E-state index is 0.0787. The van der Waals surface area contributed by atoms with Crippen molar-refractivity contribution in [2.24, 2.45) is 5.73 Å². The molecule has 0 heterocycles. The summed E-state index contributed by atoms with van der Waals surface area (Å²) < 4.78 is 0. The van der Waals surface area contributed by atoms with Gasteiger partial charge >= 0.3 is 0 Å². The summed E-state index contributed by atoms with van der Waals surface area (Å²) in [5, 5.41) is 8.19. The smallest absolute Gasteiger partial charge is 0.124 e. The first-order valence-corrected chi connectivity index (χ1v) is 5.79. The molecule has 0 unspecified atom stereocenters. The third-order valence-electron chi connectivity index (χ3n) is 2.51. The van der Waals surface area contributed by atoms with Crippen LogP contribution in [0.1, 0.15) is 25.3 Å². The molecule has 0 aliphatic heterocycles. The van der Waals surface area contributed by atoms with Crippen LogP contribution < -0.4 is 10.6 Å². The van der Waals surface area contributed by atoms with E-state index in [0.717, 1.165) is 30.6 Å². The number of nitrogens with two attached hydrogens (primary N) is 1. The topological polar surface area (TPSA) is 53.1 Å². The molecule has 0 atom stereocenters. The van der Waals surface area contributed by atoms with Gasteiger partial charge in [0.1, 0.15) is 5.84 Å². The highest BCUT2D eigenvalue weighted by molar-refractivity contribution is 6.31. The summed E-state index contributed by atoms with van der Waals surface area (Å²) >= 11 is 5.96.